The molecule has 3 heteroatoms. The summed E-state index contributed by atoms with van der Waals surface area (Å²) in [5.41, 5.74) is 2.38. The smallest absolute Gasteiger partial charge is 0.130 e. The topological polar surface area (TPSA) is 24.9 Å². The van der Waals surface area contributed by atoms with Gasteiger partial charge in [0.25, 0.3) is 0 Å². The Hall–Kier alpha value is -1.22. The molecule has 0 unspecified atom stereocenters. The van der Waals surface area contributed by atoms with Crippen molar-refractivity contribution in [3.63, 3.8) is 0 Å². The van der Waals surface area contributed by atoms with Crippen LogP contribution in [-0.4, -0.2) is 16.8 Å². The first-order valence-corrected chi connectivity index (χ1v) is 7.99. The number of pyridine rings is 1. The molecule has 0 aliphatic carbocycles. The number of para-hydroxylation sites is 1. The molecule has 2 rings (SSSR count). The summed E-state index contributed by atoms with van der Waals surface area (Å²) in [6.07, 6.45) is 1.12. The quantitative estimate of drug-likeness (QED) is 0.826. The fourth-order valence-electron chi connectivity index (χ4n) is 1.92. The van der Waals surface area contributed by atoms with Crippen LogP contribution < -0.4 is 5.32 Å². The highest BCUT2D eigenvalue weighted by Crippen LogP contribution is 2.26. The predicted molar refractivity (Wildman–Crippen MR) is 87.0 cm³/mol. The minimum atomic E-state index is 0.644. The molecule has 1 aromatic carbocycles. The van der Waals surface area contributed by atoms with Crippen LogP contribution in [0.15, 0.2) is 30.3 Å². The summed E-state index contributed by atoms with van der Waals surface area (Å²) >= 11 is 1.96. The second-order valence-corrected chi connectivity index (χ2v) is 6.54. The van der Waals surface area contributed by atoms with Crippen molar-refractivity contribution in [2.24, 2.45) is 0 Å². The Bertz CT molecular complexity index is 537. The van der Waals surface area contributed by atoms with E-state index in [0.29, 0.717) is 5.25 Å². The number of fused-ring (bicyclic) bond motifs is 1. The lowest BCUT2D eigenvalue weighted by atomic mass is 10.1. The van der Waals surface area contributed by atoms with E-state index in [0.717, 1.165) is 30.1 Å². The van der Waals surface area contributed by atoms with E-state index in [1.165, 1.54) is 10.9 Å². The number of anilines is 1. The van der Waals surface area contributed by atoms with Crippen molar-refractivity contribution < 1.29 is 0 Å². The van der Waals surface area contributed by atoms with E-state index < -0.39 is 0 Å². The molecule has 19 heavy (non-hydrogen) atoms. The van der Waals surface area contributed by atoms with E-state index in [-0.39, 0.29) is 0 Å². The average molecular weight is 274 g/mol. The van der Waals surface area contributed by atoms with Gasteiger partial charge in [0.15, 0.2) is 0 Å². The zero-order valence-corrected chi connectivity index (χ0v) is 12.8. The summed E-state index contributed by atoms with van der Waals surface area (Å²) in [6, 6.07) is 10.6. The average Bonchev–Trinajstić information content (AvgIpc) is 2.42. The third kappa shape index (κ3) is 3.87. The number of hydrogen-bond acceptors (Lipinski definition) is 3. The SMILES string of the molecule is CCCNc1nc2ccccc2cc1CSC(C)C. The van der Waals surface area contributed by atoms with E-state index in [4.69, 9.17) is 4.98 Å². The van der Waals surface area contributed by atoms with E-state index in [1.807, 2.05) is 17.8 Å². The molecule has 0 aliphatic rings. The molecular formula is C16H22N2S. The van der Waals surface area contributed by atoms with Crippen LogP contribution in [0.3, 0.4) is 0 Å². The van der Waals surface area contributed by atoms with Crippen molar-refractivity contribution in [1.29, 1.82) is 0 Å². The first-order chi connectivity index (χ1) is 9.20. The van der Waals surface area contributed by atoms with Gasteiger partial charge in [-0.25, -0.2) is 4.98 Å². The minimum absolute atomic E-state index is 0.644. The van der Waals surface area contributed by atoms with Crippen molar-refractivity contribution in [1.82, 2.24) is 4.98 Å². The molecule has 0 aliphatic heterocycles. The molecule has 0 amide bonds. The molecule has 102 valence electrons. The van der Waals surface area contributed by atoms with Crippen LogP contribution in [0.4, 0.5) is 5.82 Å². The molecule has 0 saturated heterocycles. The number of benzene rings is 1. The number of hydrogen-bond donors (Lipinski definition) is 1. The second kappa shape index (κ2) is 6.80. The van der Waals surface area contributed by atoms with E-state index in [2.05, 4.69) is 50.4 Å². The number of aromatic nitrogens is 1. The Morgan fingerprint density at radius 2 is 2.05 bits per heavy atom. The lowest BCUT2D eigenvalue weighted by Gasteiger charge is -2.13. The van der Waals surface area contributed by atoms with Crippen LogP contribution in [0.25, 0.3) is 10.9 Å². The maximum Gasteiger partial charge on any atom is 0.130 e. The summed E-state index contributed by atoms with van der Waals surface area (Å²) in [6.45, 7) is 7.62. The van der Waals surface area contributed by atoms with Crippen molar-refractivity contribution in [2.75, 3.05) is 11.9 Å². The molecular weight excluding hydrogens is 252 g/mol. The first-order valence-electron chi connectivity index (χ1n) is 6.95. The standard InChI is InChI=1S/C16H22N2S/c1-4-9-17-16-14(11-19-12(2)3)10-13-7-5-6-8-15(13)18-16/h5-8,10,12H,4,9,11H2,1-3H3,(H,17,18). The molecule has 1 N–H and O–H groups in total. The number of rotatable bonds is 6. The molecule has 2 nitrogen and oxygen atoms in total. The van der Waals surface area contributed by atoms with Gasteiger partial charge >= 0.3 is 0 Å². The Morgan fingerprint density at radius 1 is 1.26 bits per heavy atom. The van der Waals surface area contributed by atoms with Crippen LogP contribution in [-0.2, 0) is 5.75 Å². The van der Waals surface area contributed by atoms with Gasteiger partial charge in [0.1, 0.15) is 5.82 Å². The maximum absolute atomic E-state index is 4.77. The Kier molecular flexibility index (Phi) is 5.08. The molecule has 0 atom stereocenters. The summed E-state index contributed by atoms with van der Waals surface area (Å²) in [5, 5.41) is 5.32. The van der Waals surface area contributed by atoms with Gasteiger partial charge in [0.2, 0.25) is 0 Å². The van der Waals surface area contributed by atoms with Crippen molar-refractivity contribution in [2.45, 2.75) is 38.2 Å². The third-order valence-corrected chi connectivity index (χ3v) is 4.06. The fourth-order valence-corrected chi connectivity index (χ4v) is 2.66. The normalized spacial score (nSPS) is 11.2. The predicted octanol–water partition coefficient (Wildman–Crippen LogP) is 4.70. The van der Waals surface area contributed by atoms with Crippen LogP contribution in [0.1, 0.15) is 32.8 Å². The molecule has 0 radical (unpaired) electrons. The zero-order chi connectivity index (χ0) is 13.7. The molecule has 0 saturated carbocycles. The summed E-state index contributed by atoms with van der Waals surface area (Å²) in [7, 11) is 0. The van der Waals surface area contributed by atoms with Crippen molar-refractivity contribution >= 4 is 28.5 Å². The fraction of sp³-hybridized carbons (Fsp3) is 0.438. The van der Waals surface area contributed by atoms with Gasteiger partial charge in [-0.1, -0.05) is 39.0 Å². The molecule has 0 fully saturated rings. The number of nitrogens with zero attached hydrogens (tertiary/aromatic N) is 1. The highest BCUT2D eigenvalue weighted by atomic mass is 32.2. The van der Waals surface area contributed by atoms with Gasteiger partial charge < -0.3 is 5.32 Å². The number of thioether (sulfide) groups is 1. The minimum Gasteiger partial charge on any atom is -0.370 e. The van der Waals surface area contributed by atoms with E-state index in [9.17, 15) is 0 Å². The van der Waals surface area contributed by atoms with Gasteiger partial charge in [-0.3, -0.25) is 0 Å². The van der Waals surface area contributed by atoms with Gasteiger partial charge in [0.05, 0.1) is 5.52 Å². The Labute approximate surface area is 120 Å². The van der Waals surface area contributed by atoms with Crippen LogP contribution >= 0.6 is 11.8 Å². The van der Waals surface area contributed by atoms with Gasteiger partial charge in [-0.2, -0.15) is 11.8 Å². The van der Waals surface area contributed by atoms with Crippen molar-refractivity contribution in [3.8, 4) is 0 Å². The number of nitrogens with one attached hydrogen (secondary N) is 1. The van der Waals surface area contributed by atoms with Crippen LogP contribution in [0, 0.1) is 0 Å². The maximum atomic E-state index is 4.77. The van der Waals surface area contributed by atoms with Crippen LogP contribution in [0.2, 0.25) is 0 Å². The third-order valence-electron chi connectivity index (χ3n) is 2.92. The lowest BCUT2D eigenvalue weighted by Crippen LogP contribution is -2.05. The van der Waals surface area contributed by atoms with E-state index >= 15 is 0 Å². The summed E-state index contributed by atoms with van der Waals surface area (Å²) < 4.78 is 0. The monoisotopic (exact) mass is 274 g/mol. The zero-order valence-electron chi connectivity index (χ0n) is 11.9. The van der Waals surface area contributed by atoms with E-state index in [1.54, 1.807) is 0 Å². The Balaban J connectivity index is 2.32. The second-order valence-electron chi connectivity index (χ2n) is 4.98. The van der Waals surface area contributed by atoms with Gasteiger partial charge in [-0.15, -0.1) is 0 Å². The molecule has 0 spiro atoms. The van der Waals surface area contributed by atoms with Gasteiger partial charge in [0, 0.05) is 23.2 Å². The Morgan fingerprint density at radius 3 is 2.79 bits per heavy atom. The van der Waals surface area contributed by atoms with Crippen molar-refractivity contribution in [3.05, 3.63) is 35.9 Å². The summed E-state index contributed by atoms with van der Waals surface area (Å²) in [4.78, 5) is 4.77. The molecule has 1 heterocycles. The lowest BCUT2D eigenvalue weighted by molar-refractivity contribution is 0.967. The largest absolute Gasteiger partial charge is 0.370 e. The highest BCUT2D eigenvalue weighted by molar-refractivity contribution is 7.99. The van der Waals surface area contributed by atoms with Gasteiger partial charge in [-0.05, 0) is 23.8 Å². The first kappa shape index (κ1) is 14.2. The summed E-state index contributed by atoms with van der Waals surface area (Å²) in [5.74, 6) is 2.07. The molecule has 2 aromatic rings. The highest BCUT2D eigenvalue weighted by Gasteiger charge is 2.07. The molecule has 1 aromatic heterocycles. The van der Waals surface area contributed by atoms with Crippen LogP contribution in [0.5, 0.6) is 0 Å². The molecule has 0 bridgehead atoms.